The first-order valence-electron chi connectivity index (χ1n) is 9.48. The summed E-state index contributed by atoms with van der Waals surface area (Å²) in [6.07, 6.45) is 16.6. The summed E-state index contributed by atoms with van der Waals surface area (Å²) in [4.78, 5) is 0. The molecule has 0 bridgehead atoms. The molecule has 1 aromatic carbocycles. The van der Waals surface area contributed by atoms with E-state index in [1.54, 1.807) is 0 Å². The molecule has 0 aliphatic heterocycles. The van der Waals surface area contributed by atoms with Crippen molar-refractivity contribution in [1.29, 1.82) is 0 Å². The number of halogens is 2. The molecule has 2 aliphatic rings. The van der Waals surface area contributed by atoms with Gasteiger partial charge in [0.15, 0.2) is 0 Å². The monoisotopic (exact) mass is 330 g/mol. The molecule has 24 heavy (non-hydrogen) atoms. The third-order valence-corrected chi connectivity index (χ3v) is 5.81. The maximum Gasteiger partial charge on any atom is 0.126 e. The second-order valence-electron chi connectivity index (χ2n) is 7.43. The van der Waals surface area contributed by atoms with Crippen molar-refractivity contribution in [3.63, 3.8) is 0 Å². The highest BCUT2D eigenvalue weighted by atomic mass is 19.1. The van der Waals surface area contributed by atoms with Gasteiger partial charge in [0.05, 0.1) is 0 Å². The van der Waals surface area contributed by atoms with Gasteiger partial charge in [0, 0.05) is 6.07 Å². The van der Waals surface area contributed by atoms with E-state index in [9.17, 15) is 8.78 Å². The van der Waals surface area contributed by atoms with Gasteiger partial charge >= 0.3 is 0 Å². The number of hydrogen-bond donors (Lipinski definition) is 0. The lowest BCUT2D eigenvalue weighted by molar-refractivity contribution is 0.212. The van der Waals surface area contributed by atoms with Crippen molar-refractivity contribution in [2.75, 3.05) is 0 Å². The Morgan fingerprint density at radius 2 is 1.67 bits per heavy atom. The zero-order chi connectivity index (χ0) is 16.9. The second kappa shape index (κ2) is 8.09. The molecule has 2 heteroatoms. The lowest BCUT2D eigenvalue weighted by Gasteiger charge is -2.35. The van der Waals surface area contributed by atoms with Crippen LogP contribution in [0, 0.1) is 29.4 Å². The topological polar surface area (TPSA) is 0 Å². The molecule has 0 amide bonds. The zero-order valence-corrected chi connectivity index (χ0v) is 14.6. The molecule has 0 N–H and O–H groups in total. The van der Waals surface area contributed by atoms with Gasteiger partial charge in [0.2, 0.25) is 0 Å². The standard InChI is InChI=1S/C22H28F2/c1-2-3-4-16-5-7-17(8-6-16)18-9-11-19(12-10-18)20-13-21(23)15-22(24)14-20/h3-4,11,13-18H,2,5-10,12H2,1H3. The highest BCUT2D eigenvalue weighted by Gasteiger charge is 2.28. The van der Waals surface area contributed by atoms with E-state index < -0.39 is 11.6 Å². The summed E-state index contributed by atoms with van der Waals surface area (Å²) in [5.41, 5.74) is 1.84. The summed E-state index contributed by atoms with van der Waals surface area (Å²) in [6.45, 7) is 2.19. The minimum Gasteiger partial charge on any atom is -0.207 e. The van der Waals surface area contributed by atoms with Gasteiger partial charge in [-0.1, -0.05) is 25.2 Å². The van der Waals surface area contributed by atoms with E-state index >= 15 is 0 Å². The third kappa shape index (κ3) is 4.34. The molecule has 3 rings (SSSR count). The fourth-order valence-corrected chi connectivity index (χ4v) is 4.42. The molecule has 0 heterocycles. The van der Waals surface area contributed by atoms with Gasteiger partial charge in [-0.3, -0.25) is 0 Å². The van der Waals surface area contributed by atoms with Crippen LogP contribution in [-0.4, -0.2) is 0 Å². The Labute approximate surface area is 144 Å². The van der Waals surface area contributed by atoms with Gasteiger partial charge in [0.25, 0.3) is 0 Å². The molecule has 0 aromatic heterocycles. The van der Waals surface area contributed by atoms with Gasteiger partial charge in [0.1, 0.15) is 11.6 Å². The summed E-state index contributed by atoms with van der Waals surface area (Å²) in [5, 5.41) is 0. The van der Waals surface area contributed by atoms with Crippen molar-refractivity contribution in [3.8, 4) is 0 Å². The Hall–Kier alpha value is -1.44. The average Bonchev–Trinajstić information content (AvgIpc) is 2.60. The molecule has 0 radical (unpaired) electrons. The van der Waals surface area contributed by atoms with Gasteiger partial charge in [-0.05, 0) is 92.4 Å². The van der Waals surface area contributed by atoms with Gasteiger partial charge in [-0.2, -0.15) is 0 Å². The van der Waals surface area contributed by atoms with Crippen molar-refractivity contribution >= 4 is 5.57 Å². The van der Waals surface area contributed by atoms with Crippen LogP contribution in [0.1, 0.15) is 63.9 Å². The number of rotatable bonds is 4. The fourth-order valence-electron chi connectivity index (χ4n) is 4.42. The molecule has 0 nitrogen and oxygen atoms in total. The normalized spacial score (nSPS) is 28.1. The van der Waals surface area contributed by atoms with Crippen molar-refractivity contribution in [1.82, 2.24) is 0 Å². The lowest BCUT2D eigenvalue weighted by Crippen LogP contribution is -2.22. The highest BCUT2D eigenvalue weighted by molar-refractivity contribution is 5.66. The molecule has 0 spiro atoms. The minimum absolute atomic E-state index is 0.480. The molecule has 1 saturated carbocycles. The molecule has 130 valence electrons. The van der Waals surface area contributed by atoms with Crippen molar-refractivity contribution < 1.29 is 8.78 Å². The first-order valence-corrected chi connectivity index (χ1v) is 9.48. The van der Waals surface area contributed by atoms with E-state index in [0.717, 1.165) is 60.6 Å². The van der Waals surface area contributed by atoms with Gasteiger partial charge < -0.3 is 0 Å². The van der Waals surface area contributed by atoms with Crippen LogP contribution in [0.25, 0.3) is 5.57 Å². The summed E-state index contributed by atoms with van der Waals surface area (Å²) >= 11 is 0. The maximum atomic E-state index is 13.4. The van der Waals surface area contributed by atoms with E-state index in [1.807, 2.05) is 0 Å². The number of allylic oxidation sites excluding steroid dienone is 4. The predicted molar refractivity (Wildman–Crippen MR) is 96.6 cm³/mol. The highest BCUT2D eigenvalue weighted by Crippen LogP contribution is 2.41. The summed E-state index contributed by atoms with van der Waals surface area (Å²) < 4.78 is 26.8. The van der Waals surface area contributed by atoms with Crippen LogP contribution in [0.5, 0.6) is 0 Å². The Bertz CT molecular complexity index is 586. The van der Waals surface area contributed by atoms with Crippen LogP contribution >= 0.6 is 0 Å². The number of benzene rings is 1. The van der Waals surface area contributed by atoms with E-state index in [4.69, 9.17) is 0 Å². The molecule has 1 unspecified atom stereocenters. The minimum atomic E-state index is -0.480. The average molecular weight is 330 g/mol. The maximum absolute atomic E-state index is 13.4. The third-order valence-electron chi connectivity index (χ3n) is 5.81. The predicted octanol–water partition coefficient (Wildman–Crippen LogP) is 6.92. The van der Waals surface area contributed by atoms with Crippen molar-refractivity contribution in [2.24, 2.45) is 17.8 Å². The Balaban J connectivity index is 1.57. The molecular weight excluding hydrogens is 302 g/mol. The first-order chi connectivity index (χ1) is 11.7. The summed E-state index contributed by atoms with van der Waals surface area (Å²) in [6, 6.07) is 3.86. The van der Waals surface area contributed by atoms with E-state index in [1.165, 1.54) is 37.8 Å². The van der Waals surface area contributed by atoms with Crippen LogP contribution in [0.3, 0.4) is 0 Å². The molecule has 1 aromatic rings. The van der Waals surface area contributed by atoms with E-state index in [2.05, 4.69) is 25.2 Å². The largest absolute Gasteiger partial charge is 0.207 e. The van der Waals surface area contributed by atoms with Gasteiger partial charge in [-0.15, -0.1) is 0 Å². The summed E-state index contributed by atoms with van der Waals surface area (Å²) in [5.74, 6) is 1.41. The molecular formula is C22H28F2. The van der Waals surface area contributed by atoms with Crippen molar-refractivity contribution in [2.45, 2.75) is 58.3 Å². The van der Waals surface area contributed by atoms with E-state index in [0.29, 0.717) is 0 Å². The van der Waals surface area contributed by atoms with E-state index in [-0.39, 0.29) is 0 Å². The Kier molecular flexibility index (Phi) is 5.86. The first kappa shape index (κ1) is 17.4. The summed E-state index contributed by atoms with van der Waals surface area (Å²) in [7, 11) is 0. The van der Waals surface area contributed by atoms with Crippen LogP contribution in [0.4, 0.5) is 8.78 Å². The Morgan fingerprint density at radius 3 is 2.25 bits per heavy atom. The van der Waals surface area contributed by atoms with Crippen LogP contribution in [0.2, 0.25) is 0 Å². The molecule has 2 aliphatic carbocycles. The molecule has 1 fully saturated rings. The van der Waals surface area contributed by atoms with Crippen LogP contribution < -0.4 is 0 Å². The lowest BCUT2D eigenvalue weighted by atomic mass is 9.71. The number of hydrogen-bond acceptors (Lipinski definition) is 0. The molecule has 1 atom stereocenters. The Morgan fingerprint density at radius 1 is 0.958 bits per heavy atom. The van der Waals surface area contributed by atoms with Gasteiger partial charge in [-0.25, -0.2) is 8.78 Å². The quantitative estimate of drug-likeness (QED) is 0.526. The fraction of sp³-hybridized carbons (Fsp3) is 0.545. The smallest absolute Gasteiger partial charge is 0.126 e. The van der Waals surface area contributed by atoms with Crippen LogP contribution in [-0.2, 0) is 0 Å². The van der Waals surface area contributed by atoms with Crippen LogP contribution in [0.15, 0.2) is 36.4 Å². The zero-order valence-electron chi connectivity index (χ0n) is 14.6. The van der Waals surface area contributed by atoms with Crippen molar-refractivity contribution in [3.05, 3.63) is 53.6 Å². The molecule has 0 saturated heterocycles. The second-order valence-corrected chi connectivity index (χ2v) is 7.43. The SMILES string of the molecule is CCC=CC1CCC(C2CC=C(c3cc(F)cc(F)c3)CC2)CC1.